The highest BCUT2D eigenvalue weighted by atomic mass is 79.9. The first-order valence-electron chi connectivity index (χ1n) is 5.47. The molecule has 3 N–H and O–H groups in total. The van der Waals surface area contributed by atoms with E-state index in [2.05, 4.69) is 26.2 Å². The molecule has 1 aromatic heterocycles. The summed E-state index contributed by atoms with van der Waals surface area (Å²) in [6, 6.07) is 8.56. The van der Waals surface area contributed by atoms with Gasteiger partial charge in [0.05, 0.1) is 17.3 Å². The molecule has 1 heterocycles. The van der Waals surface area contributed by atoms with E-state index in [1.54, 1.807) is 37.4 Å². The van der Waals surface area contributed by atoms with Gasteiger partial charge in [0.2, 0.25) is 0 Å². The standard InChI is InChI=1S/C13H12BrN3O2/c1-19-11-7-8(4-5-9(11)14)17-13(18)12-10(15)3-2-6-16-12/h2-7H,15H2,1H3,(H,17,18). The second kappa shape index (κ2) is 5.71. The number of carbonyl (C=O) groups excluding carboxylic acids is 1. The van der Waals surface area contributed by atoms with Crippen molar-refractivity contribution in [3.05, 3.63) is 46.7 Å². The van der Waals surface area contributed by atoms with E-state index in [0.29, 0.717) is 17.1 Å². The quantitative estimate of drug-likeness (QED) is 0.911. The average molecular weight is 322 g/mol. The summed E-state index contributed by atoms with van der Waals surface area (Å²) in [4.78, 5) is 16.0. The van der Waals surface area contributed by atoms with Crippen LogP contribution in [0.2, 0.25) is 0 Å². The van der Waals surface area contributed by atoms with Crippen molar-refractivity contribution in [2.45, 2.75) is 0 Å². The second-order valence-electron chi connectivity index (χ2n) is 3.74. The maximum atomic E-state index is 12.0. The Labute approximate surface area is 118 Å². The van der Waals surface area contributed by atoms with Gasteiger partial charge in [-0.05, 0) is 40.2 Å². The summed E-state index contributed by atoms with van der Waals surface area (Å²) in [5, 5.41) is 2.72. The number of halogens is 1. The summed E-state index contributed by atoms with van der Waals surface area (Å²) in [7, 11) is 1.56. The molecule has 2 rings (SSSR count). The summed E-state index contributed by atoms with van der Waals surface area (Å²) >= 11 is 3.34. The summed E-state index contributed by atoms with van der Waals surface area (Å²) in [5.41, 5.74) is 6.84. The maximum Gasteiger partial charge on any atom is 0.276 e. The van der Waals surface area contributed by atoms with Crippen molar-refractivity contribution in [2.75, 3.05) is 18.2 Å². The van der Waals surface area contributed by atoms with Crippen molar-refractivity contribution >= 4 is 33.2 Å². The third-order valence-corrected chi connectivity index (χ3v) is 3.12. The topological polar surface area (TPSA) is 77.2 Å². The van der Waals surface area contributed by atoms with Crippen LogP contribution in [0.4, 0.5) is 11.4 Å². The van der Waals surface area contributed by atoms with Gasteiger partial charge in [0.1, 0.15) is 5.75 Å². The Kier molecular flexibility index (Phi) is 4.01. The smallest absolute Gasteiger partial charge is 0.276 e. The minimum absolute atomic E-state index is 0.199. The highest BCUT2D eigenvalue weighted by Gasteiger charge is 2.11. The van der Waals surface area contributed by atoms with Gasteiger partial charge in [0.25, 0.3) is 5.91 Å². The molecule has 0 bridgehead atoms. The molecule has 0 saturated carbocycles. The van der Waals surface area contributed by atoms with Crippen LogP contribution in [-0.2, 0) is 0 Å². The molecule has 0 unspecified atom stereocenters. The van der Waals surface area contributed by atoms with E-state index >= 15 is 0 Å². The number of nitrogens with zero attached hydrogens (tertiary/aromatic N) is 1. The second-order valence-corrected chi connectivity index (χ2v) is 4.60. The van der Waals surface area contributed by atoms with Gasteiger partial charge in [0.15, 0.2) is 5.69 Å². The molecule has 0 spiro atoms. The molecule has 1 aromatic carbocycles. The number of hydrogen-bond acceptors (Lipinski definition) is 4. The first-order valence-corrected chi connectivity index (χ1v) is 6.26. The highest BCUT2D eigenvalue weighted by molar-refractivity contribution is 9.10. The number of benzene rings is 1. The number of nitrogens with two attached hydrogens (primary N) is 1. The Balaban J connectivity index is 2.22. The van der Waals surface area contributed by atoms with Crippen molar-refractivity contribution in [3.63, 3.8) is 0 Å². The van der Waals surface area contributed by atoms with Gasteiger partial charge < -0.3 is 15.8 Å². The van der Waals surface area contributed by atoms with E-state index in [9.17, 15) is 4.79 Å². The number of nitrogen functional groups attached to an aromatic ring is 1. The molecule has 0 atom stereocenters. The van der Waals surface area contributed by atoms with Crippen molar-refractivity contribution in [2.24, 2.45) is 0 Å². The number of carbonyl (C=O) groups is 1. The van der Waals surface area contributed by atoms with Crippen LogP contribution in [-0.4, -0.2) is 18.0 Å². The Morgan fingerprint density at radius 3 is 2.89 bits per heavy atom. The normalized spacial score (nSPS) is 10.0. The van der Waals surface area contributed by atoms with Gasteiger partial charge in [0, 0.05) is 18.0 Å². The zero-order valence-electron chi connectivity index (χ0n) is 10.2. The Bertz CT molecular complexity index is 617. The number of rotatable bonds is 3. The van der Waals surface area contributed by atoms with Gasteiger partial charge in [-0.1, -0.05) is 0 Å². The van der Waals surface area contributed by atoms with Crippen LogP contribution in [0.1, 0.15) is 10.5 Å². The van der Waals surface area contributed by atoms with E-state index in [1.807, 2.05) is 0 Å². The first kappa shape index (κ1) is 13.4. The average Bonchev–Trinajstić information content (AvgIpc) is 2.41. The SMILES string of the molecule is COc1cc(NC(=O)c2ncccc2N)ccc1Br. The molecule has 1 amide bonds. The molecule has 0 radical (unpaired) electrons. The molecule has 98 valence electrons. The number of amides is 1. The lowest BCUT2D eigenvalue weighted by Gasteiger charge is -2.09. The predicted molar refractivity (Wildman–Crippen MR) is 77.3 cm³/mol. The molecular weight excluding hydrogens is 310 g/mol. The lowest BCUT2D eigenvalue weighted by atomic mass is 10.2. The molecule has 0 fully saturated rings. The Morgan fingerprint density at radius 1 is 1.42 bits per heavy atom. The van der Waals surface area contributed by atoms with E-state index in [0.717, 1.165) is 4.47 Å². The fraction of sp³-hybridized carbons (Fsp3) is 0.0769. The molecule has 0 aliphatic heterocycles. The van der Waals surface area contributed by atoms with Crippen LogP contribution in [0.5, 0.6) is 5.75 Å². The van der Waals surface area contributed by atoms with Gasteiger partial charge in [-0.15, -0.1) is 0 Å². The van der Waals surface area contributed by atoms with Gasteiger partial charge in [-0.3, -0.25) is 4.79 Å². The van der Waals surface area contributed by atoms with Crippen molar-refractivity contribution in [1.82, 2.24) is 4.98 Å². The third kappa shape index (κ3) is 3.03. The van der Waals surface area contributed by atoms with Crippen molar-refractivity contribution < 1.29 is 9.53 Å². The highest BCUT2D eigenvalue weighted by Crippen LogP contribution is 2.28. The van der Waals surface area contributed by atoms with E-state index in [4.69, 9.17) is 10.5 Å². The Hall–Kier alpha value is -2.08. The fourth-order valence-electron chi connectivity index (χ4n) is 1.54. The van der Waals surface area contributed by atoms with E-state index < -0.39 is 0 Å². The van der Waals surface area contributed by atoms with Crippen molar-refractivity contribution in [1.29, 1.82) is 0 Å². The number of methoxy groups -OCH3 is 1. The molecule has 0 saturated heterocycles. The summed E-state index contributed by atoms with van der Waals surface area (Å²) in [6.45, 7) is 0. The molecule has 0 aliphatic carbocycles. The van der Waals surface area contributed by atoms with Crippen LogP contribution in [0.15, 0.2) is 41.0 Å². The van der Waals surface area contributed by atoms with E-state index in [1.165, 1.54) is 6.20 Å². The third-order valence-electron chi connectivity index (χ3n) is 2.46. The predicted octanol–water partition coefficient (Wildman–Crippen LogP) is 2.69. The number of aromatic nitrogens is 1. The lowest BCUT2D eigenvalue weighted by molar-refractivity contribution is 0.102. The lowest BCUT2D eigenvalue weighted by Crippen LogP contribution is -2.15. The minimum Gasteiger partial charge on any atom is -0.495 e. The molecule has 2 aromatic rings. The maximum absolute atomic E-state index is 12.0. The molecule has 0 aliphatic rings. The monoisotopic (exact) mass is 321 g/mol. The van der Waals surface area contributed by atoms with Gasteiger partial charge >= 0.3 is 0 Å². The molecule has 6 heteroatoms. The van der Waals surface area contributed by atoms with Crippen LogP contribution < -0.4 is 15.8 Å². The van der Waals surface area contributed by atoms with Crippen LogP contribution in [0, 0.1) is 0 Å². The van der Waals surface area contributed by atoms with Crippen LogP contribution in [0.25, 0.3) is 0 Å². The van der Waals surface area contributed by atoms with Gasteiger partial charge in [-0.2, -0.15) is 0 Å². The minimum atomic E-state index is -0.359. The van der Waals surface area contributed by atoms with Gasteiger partial charge in [-0.25, -0.2) is 4.98 Å². The Morgan fingerprint density at radius 2 is 2.21 bits per heavy atom. The molecule has 19 heavy (non-hydrogen) atoms. The summed E-state index contributed by atoms with van der Waals surface area (Å²) < 4.78 is 5.97. The fourth-order valence-corrected chi connectivity index (χ4v) is 1.94. The number of anilines is 2. The largest absolute Gasteiger partial charge is 0.495 e. The molecular formula is C13H12BrN3O2. The van der Waals surface area contributed by atoms with Crippen molar-refractivity contribution in [3.8, 4) is 5.75 Å². The van der Waals surface area contributed by atoms with Crippen LogP contribution >= 0.6 is 15.9 Å². The number of nitrogens with one attached hydrogen (secondary N) is 1. The zero-order valence-corrected chi connectivity index (χ0v) is 11.8. The number of hydrogen-bond donors (Lipinski definition) is 2. The van der Waals surface area contributed by atoms with Crippen LogP contribution in [0.3, 0.4) is 0 Å². The zero-order chi connectivity index (χ0) is 13.8. The number of ether oxygens (including phenoxy) is 1. The summed E-state index contributed by atoms with van der Waals surface area (Å²) in [5.74, 6) is 0.272. The number of pyridine rings is 1. The van der Waals surface area contributed by atoms with E-state index in [-0.39, 0.29) is 11.6 Å². The molecule has 5 nitrogen and oxygen atoms in total. The first-order chi connectivity index (χ1) is 9.11. The summed E-state index contributed by atoms with van der Waals surface area (Å²) in [6.07, 6.45) is 1.52.